The lowest BCUT2D eigenvalue weighted by molar-refractivity contribution is 0.0932. The first-order chi connectivity index (χ1) is 12.5. The van der Waals surface area contributed by atoms with Crippen LogP contribution in [0.3, 0.4) is 0 Å². The normalized spacial score (nSPS) is 11.8. The molecule has 1 heterocycles. The van der Waals surface area contributed by atoms with Crippen LogP contribution in [-0.4, -0.2) is 15.7 Å². The van der Waals surface area contributed by atoms with Crippen molar-refractivity contribution in [1.82, 2.24) is 15.1 Å². The monoisotopic (exact) mass is 389 g/mol. The summed E-state index contributed by atoms with van der Waals surface area (Å²) in [5, 5.41) is 7.91. The first kappa shape index (κ1) is 18.3. The van der Waals surface area contributed by atoms with Crippen LogP contribution >= 0.6 is 23.2 Å². The van der Waals surface area contributed by atoms with Gasteiger partial charge in [0.05, 0.1) is 11.1 Å². The molecule has 26 heavy (non-hydrogen) atoms. The van der Waals surface area contributed by atoms with E-state index < -0.39 is 0 Å². The highest BCUT2D eigenvalue weighted by molar-refractivity contribution is 6.42. The van der Waals surface area contributed by atoms with Crippen molar-refractivity contribution in [2.45, 2.75) is 19.7 Å². The largest absolute Gasteiger partial charge is 0.470 e. The molecule has 1 amide bonds. The average molecular weight is 390 g/mol. The Morgan fingerprint density at radius 3 is 2.69 bits per heavy atom. The van der Waals surface area contributed by atoms with Crippen molar-refractivity contribution < 1.29 is 9.53 Å². The smallest absolute Gasteiger partial charge is 0.272 e. The summed E-state index contributed by atoms with van der Waals surface area (Å²) < 4.78 is 7.11. The summed E-state index contributed by atoms with van der Waals surface area (Å²) in [6.07, 6.45) is 1.67. The van der Waals surface area contributed by atoms with Crippen LogP contribution in [0.25, 0.3) is 0 Å². The van der Waals surface area contributed by atoms with Crippen LogP contribution < -0.4 is 10.1 Å². The molecule has 2 aromatic carbocycles. The molecule has 0 aliphatic carbocycles. The van der Waals surface area contributed by atoms with Gasteiger partial charge in [-0.2, -0.15) is 5.10 Å². The third-order valence-electron chi connectivity index (χ3n) is 3.79. The lowest BCUT2D eigenvalue weighted by atomic mass is 10.1. The summed E-state index contributed by atoms with van der Waals surface area (Å²) in [6.45, 7) is 2.04. The van der Waals surface area contributed by atoms with Gasteiger partial charge in [0, 0.05) is 6.20 Å². The molecule has 1 aromatic heterocycles. The molecule has 0 aliphatic rings. The maximum Gasteiger partial charge on any atom is 0.272 e. The Hall–Kier alpha value is -2.50. The molecule has 134 valence electrons. The average Bonchev–Trinajstić information content (AvgIpc) is 3.13. The van der Waals surface area contributed by atoms with Gasteiger partial charge >= 0.3 is 0 Å². The standard InChI is InChI=1S/C19H17Cl2N3O2/c1-13(14-6-3-2-4-7-14)22-19(25)16-10-11-24(23-16)12-26-17-9-5-8-15(20)18(17)21/h2-11,13H,12H2,1H3,(H,22,25). The second-order valence-corrected chi connectivity index (χ2v) is 6.46. The van der Waals surface area contributed by atoms with Crippen molar-refractivity contribution in [3.63, 3.8) is 0 Å². The molecule has 1 unspecified atom stereocenters. The first-order valence-electron chi connectivity index (χ1n) is 8.00. The molecule has 0 radical (unpaired) electrons. The predicted molar refractivity (Wildman–Crippen MR) is 102 cm³/mol. The van der Waals surface area contributed by atoms with Gasteiger partial charge in [-0.1, -0.05) is 59.6 Å². The number of hydrogen-bond donors (Lipinski definition) is 1. The van der Waals surface area contributed by atoms with E-state index in [-0.39, 0.29) is 18.7 Å². The number of rotatable bonds is 6. The second-order valence-electron chi connectivity index (χ2n) is 5.67. The summed E-state index contributed by atoms with van der Waals surface area (Å²) in [5.74, 6) is 0.208. The fourth-order valence-electron chi connectivity index (χ4n) is 2.38. The van der Waals surface area contributed by atoms with Crippen LogP contribution in [0.5, 0.6) is 5.75 Å². The van der Waals surface area contributed by atoms with Gasteiger partial charge in [0.1, 0.15) is 16.5 Å². The van der Waals surface area contributed by atoms with E-state index in [0.717, 1.165) is 5.56 Å². The number of ether oxygens (including phenoxy) is 1. The maximum absolute atomic E-state index is 12.3. The third-order valence-corrected chi connectivity index (χ3v) is 4.59. The lowest BCUT2D eigenvalue weighted by Crippen LogP contribution is -2.27. The zero-order chi connectivity index (χ0) is 18.5. The van der Waals surface area contributed by atoms with Crippen LogP contribution in [-0.2, 0) is 6.73 Å². The minimum atomic E-state index is -0.249. The van der Waals surface area contributed by atoms with Gasteiger partial charge in [0.15, 0.2) is 6.73 Å². The summed E-state index contributed by atoms with van der Waals surface area (Å²) in [7, 11) is 0. The molecular formula is C19H17Cl2N3O2. The highest BCUT2D eigenvalue weighted by Crippen LogP contribution is 2.31. The summed E-state index contributed by atoms with van der Waals surface area (Å²) in [5.41, 5.74) is 1.34. The van der Waals surface area contributed by atoms with Crippen molar-refractivity contribution >= 4 is 29.1 Å². The molecule has 0 bridgehead atoms. The van der Waals surface area contributed by atoms with Gasteiger partial charge < -0.3 is 10.1 Å². The Labute approximate surface area is 161 Å². The van der Waals surface area contributed by atoms with Crippen LogP contribution in [0.4, 0.5) is 0 Å². The number of carbonyl (C=O) groups excluding carboxylic acids is 1. The van der Waals surface area contributed by atoms with E-state index in [1.807, 2.05) is 37.3 Å². The van der Waals surface area contributed by atoms with E-state index in [4.69, 9.17) is 27.9 Å². The van der Waals surface area contributed by atoms with Gasteiger partial charge in [-0.3, -0.25) is 4.79 Å². The van der Waals surface area contributed by atoms with Crippen molar-refractivity contribution in [1.29, 1.82) is 0 Å². The second kappa shape index (κ2) is 8.25. The van der Waals surface area contributed by atoms with Gasteiger partial charge in [0.2, 0.25) is 0 Å². The van der Waals surface area contributed by atoms with Crippen molar-refractivity contribution in [3.05, 3.63) is 82.1 Å². The zero-order valence-corrected chi connectivity index (χ0v) is 15.5. The molecule has 0 spiro atoms. The molecule has 0 aliphatic heterocycles. The molecular weight excluding hydrogens is 373 g/mol. The molecule has 0 saturated heterocycles. The Bertz CT molecular complexity index is 897. The molecule has 5 nitrogen and oxygen atoms in total. The van der Waals surface area contributed by atoms with Crippen LogP contribution in [0.15, 0.2) is 60.8 Å². The number of carbonyl (C=O) groups is 1. The fourth-order valence-corrected chi connectivity index (χ4v) is 2.73. The van der Waals surface area contributed by atoms with Crippen LogP contribution in [0.2, 0.25) is 10.0 Å². The number of nitrogens with zero attached hydrogens (tertiary/aromatic N) is 2. The summed E-state index contributed by atoms with van der Waals surface area (Å²) in [4.78, 5) is 12.3. The quantitative estimate of drug-likeness (QED) is 0.663. The minimum Gasteiger partial charge on any atom is -0.470 e. The minimum absolute atomic E-state index is 0.113. The van der Waals surface area contributed by atoms with Crippen molar-refractivity contribution in [3.8, 4) is 5.75 Å². The molecule has 3 aromatic rings. The van der Waals surface area contributed by atoms with Gasteiger partial charge in [-0.05, 0) is 30.7 Å². The first-order valence-corrected chi connectivity index (χ1v) is 8.76. The van der Waals surface area contributed by atoms with Gasteiger partial charge in [-0.15, -0.1) is 0 Å². The molecule has 1 N–H and O–H groups in total. The molecule has 3 rings (SSSR count). The number of benzene rings is 2. The van der Waals surface area contributed by atoms with E-state index in [1.54, 1.807) is 30.5 Å². The number of nitrogens with one attached hydrogen (secondary N) is 1. The zero-order valence-electron chi connectivity index (χ0n) is 14.0. The van der Waals surface area contributed by atoms with E-state index >= 15 is 0 Å². The molecule has 0 saturated carbocycles. The Kier molecular flexibility index (Phi) is 5.81. The topological polar surface area (TPSA) is 56.2 Å². The van der Waals surface area contributed by atoms with Crippen LogP contribution in [0.1, 0.15) is 29.0 Å². The summed E-state index contributed by atoms with van der Waals surface area (Å²) >= 11 is 12.0. The Morgan fingerprint density at radius 2 is 1.92 bits per heavy atom. The predicted octanol–water partition coefficient (Wildman–Crippen LogP) is 4.72. The molecule has 1 atom stereocenters. The van der Waals surface area contributed by atoms with E-state index in [1.165, 1.54) is 4.68 Å². The number of aromatic nitrogens is 2. The fraction of sp³-hybridized carbons (Fsp3) is 0.158. The van der Waals surface area contributed by atoms with Gasteiger partial charge in [0.25, 0.3) is 5.91 Å². The number of halogens is 2. The maximum atomic E-state index is 12.3. The number of amides is 1. The highest BCUT2D eigenvalue weighted by Gasteiger charge is 2.14. The lowest BCUT2D eigenvalue weighted by Gasteiger charge is -2.13. The van der Waals surface area contributed by atoms with Crippen molar-refractivity contribution in [2.24, 2.45) is 0 Å². The van der Waals surface area contributed by atoms with E-state index in [0.29, 0.717) is 21.5 Å². The van der Waals surface area contributed by atoms with Crippen molar-refractivity contribution in [2.75, 3.05) is 0 Å². The number of hydrogen-bond acceptors (Lipinski definition) is 3. The SMILES string of the molecule is CC(NC(=O)c1ccn(COc2cccc(Cl)c2Cl)n1)c1ccccc1. The van der Waals surface area contributed by atoms with Gasteiger partial charge in [-0.25, -0.2) is 4.68 Å². The highest BCUT2D eigenvalue weighted by atomic mass is 35.5. The van der Waals surface area contributed by atoms with Crippen LogP contribution in [0, 0.1) is 0 Å². The Balaban J connectivity index is 1.60. The third kappa shape index (κ3) is 4.36. The Morgan fingerprint density at radius 1 is 1.15 bits per heavy atom. The molecule has 7 heteroatoms. The summed E-state index contributed by atoms with van der Waals surface area (Å²) in [6, 6.07) is 16.4. The van der Waals surface area contributed by atoms with E-state index in [9.17, 15) is 4.79 Å². The molecule has 0 fully saturated rings. The van der Waals surface area contributed by atoms with E-state index in [2.05, 4.69) is 10.4 Å².